The summed E-state index contributed by atoms with van der Waals surface area (Å²) in [6.07, 6.45) is 1.52. The van der Waals surface area contributed by atoms with Crippen LogP contribution in [0.3, 0.4) is 0 Å². The molecule has 1 heterocycles. The van der Waals surface area contributed by atoms with Crippen LogP contribution in [-0.4, -0.2) is 17.5 Å². The van der Waals surface area contributed by atoms with Crippen LogP contribution in [0.4, 0.5) is 0 Å². The van der Waals surface area contributed by atoms with E-state index in [0.717, 1.165) is 0 Å². The van der Waals surface area contributed by atoms with Gasteiger partial charge in [0.15, 0.2) is 0 Å². The molecule has 2 aromatic carbocycles. The summed E-state index contributed by atoms with van der Waals surface area (Å²) >= 11 is 2.02. The van der Waals surface area contributed by atoms with Crippen molar-refractivity contribution in [3.8, 4) is 5.75 Å². The van der Waals surface area contributed by atoms with E-state index in [9.17, 15) is 13.5 Å². The Labute approximate surface area is 129 Å². The standard InChI is InChI=1S/C14H10INO3S/c15-11-9-16(12-7-4-8-13(17)14(11)12)20(18,19)10-5-2-1-3-6-10/h1-9,17H. The van der Waals surface area contributed by atoms with Gasteiger partial charge < -0.3 is 5.11 Å². The first kappa shape index (κ1) is 13.4. The van der Waals surface area contributed by atoms with E-state index in [2.05, 4.69) is 0 Å². The average molecular weight is 399 g/mol. The minimum Gasteiger partial charge on any atom is -0.507 e. The van der Waals surface area contributed by atoms with Crippen LogP contribution in [0.2, 0.25) is 0 Å². The third-order valence-corrected chi connectivity index (χ3v) is 5.53. The fourth-order valence-electron chi connectivity index (χ4n) is 2.10. The second-order valence-electron chi connectivity index (χ2n) is 4.26. The van der Waals surface area contributed by atoms with Crippen LogP contribution < -0.4 is 0 Å². The van der Waals surface area contributed by atoms with E-state index >= 15 is 0 Å². The fraction of sp³-hybridized carbons (Fsp3) is 0. The van der Waals surface area contributed by atoms with E-state index < -0.39 is 10.0 Å². The molecule has 0 saturated carbocycles. The number of aromatic nitrogens is 1. The van der Waals surface area contributed by atoms with Gasteiger partial charge in [-0.15, -0.1) is 0 Å². The van der Waals surface area contributed by atoms with E-state index in [0.29, 0.717) is 14.5 Å². The highest BCUT2D eigenvalue weighted by Crippen LogP contribution is 2.32. The van der Waals surface area contributed by atoms with Crippen LogP contribution in [0.5, 0.6) is 5.75 Å². The van der Waals surface area contributed by atoms with E-state index in [-0.39, 0.29) is 10.6 Å². The molecule has 3 rings (SSSR count). The number of hydrogen-bond donors (Lipinski definition) is 1. The van der Waals surface area contributed by atoms with Crippen molar-refractivity contribution in [1.82, 2.24) is 3.97 Å². The number of rotatable bonds is 2. The minimum atomic E-state index is -3.66. The third-order valence-electron chi connectivity index (χ3n) is 3.03. The van der Waals surface area contributed by atoms with E-state index in [4.69, 9.17) is 0 Å². The Kier molecular flexibility index (Phi) is 3.21. The molecule has 0 bridgehead atoms. The van der Waals surface area contributed by atoms with Crippen molar-refractivity contribution in [2.24, 2.45) is 0 Å². The number of benzene rings is 2. The first-order chi connectivity index (χ1) is 9.51. The summed E-state index contributed by atoms with van der Waals surface area (Å²) in [5, 5.41) is 10.4. The molecule has 1 N–H and O–H groups in total. The number of halogens is 1. The normalized spacial score (nSPS) is 11.8. The summed E-state index contributed by atoms with van der Waals surface area (Å²) in [6.45, 7) is 0. The Bertz CT molecular complexity index is 885. The lowest BCUT2D eigenvalue weighted by atomic mass is 10.2. The van der Waals surface area contributed by atoms with Gasteiger partial charge in [0.2, 0.25) is 0 Å². The highest BCUT2D eigenvalue weighted by atomic mass is 127. The van der Waals surface area contributed by atoms with E-state index in [1.165, 1.54) is 10.2 Å². The van der Waals surface area contributed by atoms with Gasteiger partial charge in [0.1, 0.15) is 5.75 Å². The summed E-state index contributed by atoms with van der Waals surface area (Å²) in [5.74, 6) is 0.0777. The Hall–Kier alpha value is -1.54. The van der Waals surface area contributed by atoms with Crippen LogP contribution >= 0.6 is 22.6 Å². The molecule has 0 aliphatic carbocycles. The van der Waals surface area contributed by atoms with Gasteiger partial charge in [-0.2, -0.15) is 0 Å². The number of nitrogens with zero attached hydrogens (tertiary/aromatic N) is 1. The first-order valence-corrected chi connectivity index (χ1v) is 8.33. The largest absolute Gasteiger partial charge is 0.507 e. The first-order valence-electron chi connectivity index (χ1n) is 5.81. The molecule has 6 heteroatoms. The Morgan fingerprint density at radius 2 is 1.70 bits per heavy atom. The predicted octanol–water partition coefficient (Wildman–Crippen LogP) is 3.19. The molecular weight excluding hydrogens is 389 g/mol. The summed E-state index contributed by atoms with van der Waals surface area (Å²) in [7, 11) is -3.66. The van der Waals surface area contributed by atoms with Crippen LogP contribution in [0.1, 0.15) is 0 Å². The van der Waals surface area contributed by atoms with Crippen molar-refractivity contribution in [3.63, 3.8) is 0 Å². The van der Waals surface area contributed by atoms with Gasteiger partial charge in [-0.25, -0.2) is 12.4 Å². The van der Waals surface area contributed by atoms with E-state index in [1.54, 1.807) is 48.5 Å². The number of hydrogen-bond acceptors (Lipinski definition) is 3. The molecule has 0 aliphatic heterocycles. The van der Waals surface area contributed by atoms with Crippen LogP contribution in [0.25, 0.3) is 10.9 Å². The third kappa shape index (κ3) is 1.99. The molecule has 1 aromatic heterocycles. The zero-order valence-electron chi connectivity index (χ0n) is 10.2. The second-order valence-corrected chi connectivity index (χ2v) is 7.24. The molecule has 0 fully saturated rings. The quantitative estimate of drug-likeness (QED) is 0.674. The average Bonchev–Trinajstić information content (AvgIpc) is 2.79. The van der Waals surface area contributed by atoms with Crippen molar-refractivity contribution in [3.05, 3.63) is 58.3 Å². The monoisotopic (exact) mass is 399 g/mol. The van der Waals surface area contributed by atoms with E-state index in [1.807, 2.05) is 22.6 Å². The van der Waals surface area contributed by atoms with Crippen molar-refractivity contribution < 1.29 is 13.5 Å². The maximum absolute atomic E-state index is 12.7. The molecule has 4 nitrogen and oxygen atoms in total. The molecule has 0 spiro atoms. The lowest BCUT2D eigenvalue weighted by Gasteiger charge is -2.07. The second kappa shape index (κ2) is 4.78. The molecule has 102 valence electrons. The molecule has 0 aliphatic rings. The van der Waals surface area contributed by atoms with Crippen LogP contribution in [0, 0.1) is 3.57 Å². The molecule has 3 aromatic rings. The van der Waals surface area contributed by atoms with Gasteiger partial charge in [-0.1, -0.05) is 24.3 Å². The number of fused-ring (bicyclic) bond motifs is 1. The molecule has 20 heavy (non-hydrogen) atoms. The highest BCUT2D eigenvalue weighted by molar-refractivity contribution is 14.1. The van der Waals surface area contributed by atoms with Gasteiger partial charge >= 0.3 is 0 Å². The topological polar surface area (TPSA) is 59.3 Å². The predicted molar refractivity (Wildman–Crippen MR) is 85.3 cm³/mol. The molecule has 0 saturated heterocycles. The molecule has 0 radical (unpaired) electrons. The molecule has 0 unspecified atom stereocenters. The maximum Gasteiger partial charge on any atom is 0.268 e. The van der Waals surface area contributed by atoms with Crippen molar-refractivity contribution in [2.45, 2.75) is 4.90 Å². The smallest absolute Gasteiger partial charge is 0.268 e. The van der Waals surface area contributed by atoms with Gasteiger partial charge in [0.05, 0.1) is 15.8 Å². The minimum absolute atomic E-state index is 0.0777. The lowest BCUT2D eigenvalue weighted by Crippen LogP contribution is -2.11. The summed E-state index contributed by atoms with van der Waals surface area (Å²) in [5.41, 5.74) is 0.471. The number of phenolic OH excluding ortho intramolecular Hbond substituents is 1. The van der Waals surface area contributed by atoms with Crippen molar-refractivity contribution in [2.75, 3.05) is 0 Å². The van der Waals surface area contributed by atoms with Gasteiger partial charge in [0, 0.05) is 9.77 Å². The zero-order valence-corrected chi connectivity index (χ0v) is 13.2. The van der Waals surface area contributed by atoms with Crippen molar-refractivity contribution in [1.29, 1.82) is 0 Å². The number of phenols is 1. The molecular formula is C14H10INO3S. The van der Waals surface area contributed by atoms with Crippen molar-refractivity contribution >= 4 is 43.5 Å². The molecule has 0 amide bonds. The van der Waals surface area contributed by atoms with Gasteiger partial charge in [0.25, 0.3) is 10.0 Å². The summed E-state index contributed by atoms with van der Waals surface area (Å²) < 4.78 is 27.2. The fourth-order valence-corrected chi connectivity index (χ4v) is 4.50. The maximum atomic E-state index is 12.7. The lowest BCUT2D eigenvalue weighted by molar-refractivity contribution is 0.481. The Morgan fingerprint density at radius 3 is 2.40 bits per heavy atom. The van der Waals surface area contributed by atoms with Crippen LogP contribution in [-0.2, 0) is 10.0 Å². The molecule has 0 atom stereocenters. The Balaban J connectivity index is 2.34. The summed E-state index contributed by atoms with van der Waals surface area (Å²) in [6, 6.07) is 13.1. The summed E-state index contributed by atoms with van der Waals surface area (Å²) in [4.78, 5) is 0.219. The SMILES string of the molecule is O=S(=O)(c1ccccc1)n1cc(I)c2c(O)cccc21. The van der Waals surface area contributed by atoms with Gasteiger partial charge in [-0.05, 0) is 46.9 Å². The number of aromatic hydroxyl groups is 1. The zero-order chi connectivity index (χ0) is 14.3. The highest BCUT2D eigenvalue weighted by Gasteiger charge is 2.21. The van der Waals surface area contributed by atoms with Gasteiger partial charge in [-0.3, -0.25) is 0 Å². The van der Waals surface area contributed by atoms with Crippen LogP contribution in [0.15, 0.2) is 59.6 Å². The Morgan fingerprint density at radius 1 is 1.00 bits per heavy atom.